The number of nitrogens with one attached hydrogen (secondary N) is 1. The van der Waals surface area contributed by atoms with Crippen LogP contribution < -0.4 is 11.2 Å². The van der Waals surface area contributed by atoms with Crippen molar-refractivity contribution in [2.75, 3.05) is 19.7 Å². The molecule has 0 spiro atoms. The number of H-pyrrole nitrogens is 1. The summed E-state index contributed by atoms with van der Waals surface area (Å²) in [7, 11) is 0. The number of carbonyl (C=O) groups is 1. The van der Waals surface area contributed by atoms with E-state index in [1.54, 1.807) is 6.07 Å². The molecule has 12 heteroatoms. The monoisotopic (exact) mass is 449 g/mol. The molecule has 2 aromatic heterocycles. The lowest BCUT2D eigenvalue weighted by atomic mass is 9.94. The second-order valence-electron chi connectivity index (χ2n) is 7.05. The molecule has 1 aliphatic rings. The molecule has 1 amide bonds. The molecule has 162 valence electrons. The van der Waals surface area contributed by atoms with Crippen molar-refractivity contribution in [1.82, 2.24) is 24.4 Å². The molecule has 10 nitrogen and oxygen atoms in total. The summed E-state index contributed by atoms with van der Waals surface area (Å²) in [4.78, 5) is 48.5. The van der Waals surface area contributed by atoms with Gasteiger partial charge in [0.2, 0.25) is 0 Å². The maximum absolute atomic E-state index is 14.1. The Morgan fingerprint density at radius 3 is 2.84 bits per heavy atom. The molecule has 2 N–H and O–H groups in total. The van der Waals surface area contributed by atoms with Crippen molar-refractivity contribution in [3.05, 3.63) is 67.8 Å². The molecule has 2 atom stereocenters. The predicted octanol–water partition coefficient (Wildman–Crippen LogP) is 1.64. The van der Waals surface area contributed by atoms with Gasteiger partial charge in [0.05, 0.1) is 17.7 Å². The third kappa shape index (κ3) is 4.14. The summed E-state index contributed by atoms with van der Waals surface area (Å²) in [5.74, 6) is -1.33. The van der Waals surface area contributed by atoms with Crippen molar-refractivity contribution < 1.29 is 19.0 Å². The Bertz CT molecular complexity index is 1260. The van der Waals surface area contributed by atoms with Crippen LogP contribution in [0.3, 0.4) is 0 Å². The van der Waals surface area contributed by atoms with Crippen molar-refractivity contribution in [3.63, 3.8) is 0 Å². The van der Waals surface area contributed by atoms with Gasteiger partial charge in [-0.2, -0.15) is 0 Å². The smallest absolute Gasteiger partial charge is 0.407 e. The lowest BCUT2D eigenvalue weighted by Crippen LogP contribution is -2.42. The molecule has 1 fully saturated rings. The van der Waals surface area contributed by atoms with Crippen LogP contribution in [0.15, 0.2) is 40.2 Å². The van der Waals surface area contributed by atoms with Crippen molar-refractivity contribution in [2.45, 2.75) is 12.6 Å². The second kappa shape index (κ2) is 8.44. The van der Waals surface area contributed by atoms with Gasteiger partial charge in [-0.25, -0.2) is 23.9 Å². The van der Waals surface area contributed by atoms with Crippen LogP contribution in [0.2, 0.25) is 5.02 Å². The molecule has 3 heterocycles. The van der Waals surface area contributed by atoms with E-state index in [9.17, 15) is 23.9 Å². The van der Waals surface area contributed by atoms with E-state index in [4.69, 9.17) is 16.3 Å². The minimum Gasteiger partial charge on any atom is -0.465 e. The van der Waals surface area contributed by atoms with E-state index >= 15 is 0 Å². The van der Waals surface area contributed by atoms with Crippen molar-refractivity contribution >= 4 is 28.9 Å². The number of rotatable bonds is 3. The number of aromatic nitrogens is 4. The Morgan fingerprint density at radius 1 is 1.32 bits per heavy atom. The first-order valence-corrected chi connectivity index (χ1v) is 9.71. The van der Waals surface area contributed by atoms with Gasteiger partial charge in [-0.1, -0.05) is 17.7 Å². The summed E-state index contributed by atoms with van der Waals surface area (Å²) in [5, 5.41) is 9.41. The van der Waals surface area contributed by atoms with Crippen molar-refractivity contribution in [2.24, 2.45) is 5.92 Å². The second-order valence-corrected chi connectivity index (χ2v) is 7.46. The first-order valence-electron chi connectivity index (χ1n) is 9.33. The van der Waals surface area contributed by atoms with E-state index in [1.165, 1.54) is 24.5 Å². The van der Waals surface area contributed by atoms with Crippen molar-refractivity contribution in [1.29, 1.82) is 0 Å². The fourth-order valence-electron chi connectivity index (χ4n) is 3.66. The van der Waals surface area contributed by atoms with Gasteiger partial charge < -0.3 is 14.7 Å². The number of hydrogen-bond acceptors (Lipinski definition) is 6. The van der Waals surface area contributed by atoms with Gasteiger partial charge in [0.15, 0.2) is 11.2 Å². The number of hydrogen-bond donors (Lipinski definition) is 2. The number of ether oxygens (including phenoxy) is 1. The number of aromatic amines is 1. The maximum atomic E-state index is 14.1. The van der Waals surface area contributed by atoms with Gasteiger partial charge >= 0.3 is 11.8 Å². The SMILES string of the molecule is O=C(O)N1CCO[C@@H](c2ccc(Cl)c(F)c2)[C@@H](Cn2c(=O)[nH]c3nccnc3c2=O)C1. The number of amides is 1. The van der Waals surface area contributed by atoms with Crippen molar-refractivity contribution in [3.8, 4) is 0 Å². The van der Waals surface area contributed by atoms with Crippen LogP contribution >= 0.6 is 11.6 Å². The highest BCUT2D eigenvalue weighted by Gasteiger charge is 2.33. The van der Waals surface area contributed by atoms with Crippen LogP contribution in [0.1, 0.15) is 11.7 Å². The van der Waals surface area contributed by atoms with E-state index in [0.717, 1.165) is 9.47 Å². The molecular weight excluding hydrogens is 433 g/mol. The van der Waals surface area contributed by atoms with Gasteiger partial charge in [-0.05, 0) is 17.7 Å². The Labute approximate surface area is 178 Å². The average molecular weight is 450 g/mol. The number of benzene rings is 1. The molecule has 1 aliphatic heterocycles. The van der Waals surface area contributed by atoms with Crippen LogP contribution in [-0.4, -0.2) is 55.3 Å². The molecule has 4 rings (SSSR count). The Balaban J connectivity index is 1.78. The Hall–Kier alpha value is -3.31. The average Bonchev–Trinajstić information content (AvgIpc) is 2.96. The quantitative estimate of drug-likeness (QED) is 0.621. The largest absolute Gasteiger partial charge is 0.465 e. The molecule has 0 saturated carbocycles. The summed E-state index contributed by atoms with van der Waals surface area (Å²) in [6.07, 6.45) is 0.728. The molecular formula is C19H17ClFN5O5. The predicted molar refractivity (Wildman–Crippen MR) is 108 cm³/mol. The van der Waals surface area contributed by atoms with Gasteiger partial charge in [-0.15, -0.1) is 0 Å². The fourth-order valence-corrected chi connectivity index (χ4v) is 3.77. The van der Waals surface area contributed by atoms with E-state index in [-0.39, 0.29) is 42.4 Å². The van der Waals surface area contributed by atoms with Crippen LogP contribution in [0, 0.1) is 11.7 Å². The fraction of sp³-hybridized carbons (Fsp3) is 0.316. The lowest BCUT2D eigenvalue weighted by Gasteiger charge is -2.27. The standard InChI is InChI=1S/C19H17ClFN5O5/c20-12-2-1-10(7-13(12)21)15-11(8-25(19(29)30)5-6-31-15)9-26-17(27)14-16(24-18(26)28)23-4-3-22-14/h1-4,7,11,15H,5-6,8-9H2,(H,29,30)(H,23,24,28)/t11-,15+/m1/s1. The van der Waals surface area contributed by atoms with Crippen LogP contribution in [-0.2, 0) is 11.3 Å². The van der Waals surface area contributed by atoms with Gasteiger partial charge in [0.1, 0.15) is 5.82 Å². The number of halogens is 2. The first kappa shape index (κ1) is 20.9. The Kier molecular flexibility index (Phi) is 5.70. The highest BCUT2D eigenvalue weighted by atomic mass is 35.5. The number of carboxylic acid groups (broad SMARTS) is 1. The topological polar surface area (TPSA) is 130 Å². The molecule has 3 aromatic rings. The van der Waals surface area contributed by atoms with Gasteiger partial charge in [0.25, 0.3) is 5.56 Å². The van der Waals surface area contributed by atoms with E-state index in [0.29, 0.717) is 5.56 Å². The molecule has 0 radical (unpaired) electrons. The third-order valence-electron chi connectivity index (χ3n) is 5.12. The molecule has 1 aromatic carbocycles. The summed E-state index contributed by atoms with van der Waals surface area (Å²) < 4.78 is 20.9. The van der Waals surface area contributed by atoms with Crippen LogP contribution in [0.25, 0.3) is 11.2 Å². The van der Waals surface area contributed by atoms with Gasteiger partial charge in [0, 0.05) is 37.9 Å². The summed E-state index contributed by atoms with van der Waals surface area (Å²) in [5.41, 5.74) is -0.941. The highest BCUT2D eigenvalue weighted by Crippen LogP contribution is 2.32. The van der Waals surface area contributed by atoms with E-state index in [2.05, 4.69) is 15.0 Å². The zero-order valence-electron chi connectivity index (χ0n) is 16.0. The summed E-state index contributed by atoms with van der Waals surface area (Å²) in [6, 6.07) is 4.14. The maximum Gasteiger partial charge on any atom is 0.407 e. The summed E-state index contributed by atoms with van der Waals surface area (Å²) in [6.45, 7) is -0.0625. The normalized spacial score (nSPS) is 19.4. The number of nitrogens with zero attached hydrogens (tertiary/aromatic N) is 4. The molecule has 0 unspecified atom stereocenters. The lowest BCUT2D eigenvalue weighted by molar-refractivity contribution is 0.0245. The number of fused-ring (bicyclic) bond motifs is 1. The Morgan fingerprint density at radius 2 is 2.10 bits per heavy atom. The third-order valence-corrected chi connectivity index (χ3v) is 5.42. The zero-order valence-corrected chi connectivity index (χ0v) is 16.8. The minimum atomic E-state index is -1.16. The van der Waals surface area contributed by atoms with Crippen LogP contribution in [0.4, 0.5) is 9.18 Å². The van der Waals surface area contributed by atoms with Gasteiger partial charge in [-0.3, -0.25) is 14.3 Å². The first-order chi connectivity index (χ1) is 14.8. The molecule has 0 bridgehead atoms. The van der Waals surface area contributed by atoms with Crippen LogP contribution in [0.5, 0.6) is 0 Å². The minimum absolute atomic E-state index is 0.0270. The molecule has 0 aliphatic carbocycles. The summed E-state index contributed by atoms with van der Waals surface area (Å²) >= 11 is 5.77. The van der Waals surface area contributed by atoms with E-state index in [1.807, 2.05) is 0 Å². The highest BCUT2D eigenvalue weighted by molar-refractivity contribution is 6.30. The zero-order chi connectivity index (χ0) is 22.1. The van der Waals surface area contributed by atoms with E-state index < -0.39 is 35.2 Å². The molecule has 1 saturated heterocycles. The molecule has 31 heavy (non-hydrogen) atoms.